The van der Waals surface area contributed by atoms with E-state index in [1.807, 2.05) is 0 Å². The van der Waals surface area contributed by atoms with Crippen LogP contribution >= 0.6 is 0 Å². The molecule has 3 rings (SSSR count). The standard InChI is InChI=1S/C21H24FN3O4S/c1-14-7-8-17(23-21(27)16-9-11-25(12-10-16)15(2)26)13-20(14)30(28,29)24-19-6-4-3-5-18(19)22/h3-8,13,16,24H,9-12H2,1-2H3,(H,23,27). The summed E-state index contributed by atoms with van der Waals surface area (Å²) in [5, 5.41) is 2.76. The first kappa shape index (κ1) is 21.8. The van der Waals surface area contributed by atoms with Crippen molar-refractivity contribution < 1.29 is 22.4 Å². The molecule has 0 atom stereocenters. The molecule has 1 aliphatic heterocycles. The lowest BCUT2D eigenvalue weighted by atomic mass is 9.96. The molecule has 1 heterocycles. The molecule has 2 aromatic carbocycles. The lowest BCUT2D eigenvalue weighted by molar-refractivity contribution is -0.132. The number of likely N-dealkylation sites (tertiary alicyclic amines) is 1. The van der Waals surface area contributed by atoms with Gasteiger partial charge in [-0.1, -0.05) is 18.2 Å². The highest BCUT2D eigenvalue weighted by atomic mass is 32.2. The molecule has 30 heavy (non-hydrogen) atoms. The number of hydrogen-bond acceptors (Lipinski definition) is 4. The van der Waals surface area contributed by atoms with Crippen LogP contribution < -0.4 is 10.0 Å². The molecule has 0 radical (unpaired) electrons. The summed E-state index contributed by atoms with van der Waals surface area (Å²) in [6.45, 7) is 4.17. The number of carbonyl (C=O) groups is 2. The number of amides is 2. The van der Waals surface area contributed by atoms with E-state index in [1.54, 1.807) is 24.0 Å². The molecule has 2 N–H and O–H groups in total. The van der Waals surface area contributed by atoms with Crippen molar-refractivity contribution in [3.63, 3.8) is 0 Å². The number of aryl methyl sites for hydroxylation is 1. The quantitative estimate of drug-likeness (QED) is 0.757. The number of nitrogens with zero attached hydrogens (tertiary/aromatic N) is 1. The summed E-state index contributed by atoms with van der Waals surface area (Å²) < 4.78 is 41.7. The van der Waals surface area contributed by atoms with E-state index < -0.39 is 15.8 Å². The predicted octanol–water partition coefficient (Wildman–Crippen LogP) is 3.13. The number of nitrogens with one attached hydrogen (secondary N) is 2. The number of para-hydroxylation sites is 1. The van der Waals surface area contributed by atoms with Crippen molar-refractivity contribution in [1.82, 2.24) is 4.90 Å². The Morgan fingerprint density at radius 2 is 1.77 bits per heavy atom. The van der Waals surface area contributed by atoms with E-state index in [9.17, 15) is 22.4 Å². The monoisotopic (exact) mass is 433 g/mol. The van der Waals surface area contributed by atoms with Gasteiger partial charge in [-0.2, -0.15) is 0 Å². The first-order valence-corrected chi connectivity index (χ1v) is 11.1. The second kappa shape index (κ2) is 8.83. The van der Waals surface area contributed by atoms with Gasteiger partial charge in [-0.05, 0) is 49.6 Å². The lowest BCUT2D eigenvalue weighted by Gasteiger charge is -2.30. The molecular weight excluding hydrogens is 409 g/mol. The van der Waals surface area contributed by atoms with E-state index in [1.165, 1.54) is 37.3 Å². The summed E-state index contributed by atoms with van der Waals surface area (Å²) in [6.07, 6.45) is 1.11. The minimum absolute atomic E-state index is 0.00964. The zero-order valence-corrected chi connectivity index (χ0v) is 17.6. The number of halogens is 1. The van der Waals surface area contributed by atoms with Gasteiger partial charge >= 0.3 is 0 Å². The van der Waals surface area contributed by atoms with Crippen LogP contribution in [0.25, 0.3) is 0 Å². The van der Waals surface area contributed by atoms with E-state index >= 15 is 0 Å². The first-order valence-electron chi connectivity index (χ1n) is 9.62. The first-order chi connectivity index (χ1) is 14.2. The van der Waals surface area contributed by atoms with Crippen molar-refractivity contribution >= 4 is 33.2 Å². The smallest absolute Gasteiger partial charge is 0.262 e. The van der Waals surface area contributed by atoms with Crippen molar-refractivity contribution in [2.75, 3.05) is 23.1 Å². The molecule has 160 valence electrons. The Morgan fingerprint density at radius 3 is 2.40 bits per heavy atom. The Labute approximate surface area is 175 Å². The molecule has 0 aromatic heterocycles. The average molecular weight is 434 g/mol. The minimum Gasteiger partial charge on any atom is -0.343 e. The van der Waals surface area contributed by atoms with Crippen molar-refractivity contribution in [3.05, 3.63) is 53.8 Å². The highest BCUT2D eigenvalue weighted by molar-refractivity contribution is 7.92. The van der Waals surface area contributed by atoms with Gasteiger partial charge in [-0.25, -0.2) is 12.8 Å². The summed E-state index contributed by atoms with van der Waals surface area (Å²) >= 11 is 0. The molecule has 1 saturated heterocycles. The van der Waals surface area contributed by atoms with E-state index in [2.05, 4.69) is 10.0 Å². The van der Waals surface area contributed by atoms with E-state index in [-0.39, 0.29) is 28.3 Å². The number of piperidine rings is 1. The van der Waals surface area contributed by atoms with Crippen molar-refractivity contribution in [2.24, 2.45) is 5.92 Å². The maximum Gasteiger partial charge on any atom is 0.262 e. The lowest BCUT2D eigenvalue weighted by Crippen LogP contribution is -2.40. The van der Waals surface area contributed by atoms with Gasteiger partial charge in [-0.15, -0.1) is 0 Å². The Hall–Kier alpha value is -2.94. The van der Waals surface area contributed by atoms with Crippen LogP contribution in [0.4, 0.5) is 15.8 Å². The van der Waals surface area contributed by atoms with Crippen LogP contribution in [0.15, 0.2) is 47.4 Å². The number of sulfonamides is 1. The summed E-state index contributed by atoms with van der Waals surface area (Å²) in [6, 6.07) is 10.1. The summed E-state index contributed by atoms with van der Waals surface area (Å²) in [4.78, 5) is 25.7. The SMILES string of the molecule is CC(=O)N1CCC(C(=O)Nc2ccc(C)c(S(=O)(=O)Nc3ccccc3F)c2)CC1. The van der Waals surface area contributed by atoms with E-state index in [0.717, 1.165) is 0 Å². The minimum atomic E-state index is -4.05. The van der Waals surface area contributed by atoms with Gasteiger partial charge in [0.2, 0.25) is 11.8 Å². The highest BCUT2D eigenvalue weighted by Gasteiger charge is 2.26. The van der Waals surface area contributed by atoms with Gasteiger partial charge in [0.05, 0.1) is 10.6 Å². The fourth-order valence-corrected chi connectivity index (χ4v) is 4.75. The van der Waals surface area contributed by atoms with Crippen LogP contribution in [0.2, 0.25) is 0 Å². The zero-order chi connectivity index (χ0) is 21.9. The second-order valence-electron chi connectivity index (χ2n) is 7.34. The Bertz CT molecular complexity index is 1060. The van der Waals surface area contributed by atoms with Gasteiger partial charge in [-0.3, -0.25) is 14.3 Å². The summed E-state index contributed by atoms with van der Waals surface area (Å²) in [7, 11) is -4.05. The maximum atomic E-state index is 13.9. The molecule has 2 aromatic rings. The number of anilines is 2. The third kappa shape index (κ3) is 4.96. The van der Waals surface area contributed by atoms with Crippen LogP contribution in [0.1, 0.15) is 25.3 Å². The number of carbonyl (C=O) groups excluding carboxylic acids is 2. The number of hydrogen-bond donors (Lipinski definition) is 2. The fourth-order valence-electron chi connectivity index (χ4n) is 3.41. The molecule has 2 amide bonds. The van der Waals surface area contributed by atoms with Crippen LogP contribution in [-0.2, 0) is 19.6 Å². The largest absolute Gasteiger partial charge is 0.343 e. The van der Waals surface area contributed by atoms with Gasteiger partial charge in [0, 0.05) is 31.6 Å². The van der Waals surface area contributed by atoms with E-state index in [0.29, 0.717) is 37.2 Å². The van der Waals surface area contributed by atoms with Crippen LogP contribution in [0.3, 0.4) is 0 Å². The Balaban J connectivity index is 1.74. The molecule has 1 fully saturated rings. The molecule has 7 nitrogen and oxygen atoms in total. The molecular formula is C21H24FN3O4S. The van der Waals surface area contributed by atoms with Crippen LogP contribution in [-0.4, -0.2) is 38.2 Å². The van der Waals surface area contributed by atoms with Crippen LogP contribution in [0, 0.1) is 18.7 Å². The summed E-state index contributed by atoms with van der Waals surface area (Å²) in [5.41, 5.74) is 0.656. The van der Waals surface area contributed by atoms with E-state index in [4.69, 9.17) is 0 Å². The Morgan fingerprint density at radius 1 is 1.10 bits per heavy atom. The van der Waals surface area contributed by atoms with Gasteiger partial charge < -0.3 is 10.2 Å². The highest BCUT2D eigenvalue weighted by Crippen LogP contribution is 2.25. The number of rotatable bonds is 5. The maximum absolute atomic E-state index is 13.9. The van der Waals surface area contributed by atoms with Crippen molar-refractivity contribution in [1.29, 1.82) is 0 Å². The average Bonchev–Trinajstić information content (AvgIpc) is 2.71. The Kier molecular flexibility index (Phi) is 6.40. The van der Waals surface area contributed by atoms with Gasteiger partial charge in [0.1, 0.15) is 5.82 Å². The topological polar surface area (TPSA) is 95.6 Å². The molecule has 0 aliphatic carbocycles. The third-order valence-corrected chi connectivity index (χ3v) is 6.68. The van der Waals surface area contributed by atoms with Gasteiger partial charge in [0.15, 0.2) is 0 Å². The zero-order valence-electron chi connectivity index (χ0n) is 16.8. The predicted molar refractivity (Wildman–Crippen MR) is 112 cm³/mol. The molecule has 0 bridgehead atoms. The van der Waals surface area contributed by atoms with Crippen molar-refractivity contribution in [3.8, 4) is 0 Å². The molecule has 9 heteroatoms. The second-order valence-corrected chi connectivity index (χ2v) is 8.99. The number of benzene rings is 2. The van der Waals surface area contributed by atoms with Gasteiger partial charge in [0.25, 0.3) is 10.0 Å². The molecule has 1 aliphatic rings. The normalized spacial score (nSPS) is 15.0. The third-order valence-electron chi connectivity index (χ3n) is 5.17. The molecule has 0 spiro atoms. The fraction of sp³-hybridized carbons (Fsp3) is 0.333. The van der Waals surface area contributed by atoms with Crippen LogP contribution in [0.5, 0.6) is 0 Å². The summed E-state index contributed by atoms with van der Waals surface area (Å²) in [5.74, 6) is -1.16. The molecule has 0 unspecified atom stereocenters. The molecule has 0 saturated carbocycles. The van der Waals surface area contributed by atoms with Crippen molar-refractivity contribution in [2.45, 2.75) is 31.6 Å².